The maximum Gasteiger partial charge on any atom is 0.217 e. The zero-order valence-electron chi connectivity index (χ0n) is 7.71. The minimum Gasteiger partial charge on any atom is -0.388 e. The molecular weight excluding hydrogens is 190 g/mol. The molecule has 0 aromatic rings. The van der Waals surface area contributed by atoms with Gasteiger partial charge >= 0.3 is 0 Å². The van der Waals surface area contributed by atoms with Crippen LogP contribution in [0.15, 0.2) is 0 Å². The first kappa shape index (κ1) is 9.85. The number of nitrogens with one attached hydrogen (secondary N) is 1. The van der Waals surface area contributed by atoms with Crippen molar-refractivity contribution in [1.29, 1.82) is 0 Å². The summed E-state index contributed by atoms with van der Waals surface area (Å²) in [5.41, 5.74) is 0. The van der Waals surface area contributed by atoms with Gasteiger partial charge in [0, 0.05) is 6.92 Å². The van der Waals surface area contributed by atoms with Crippen LogP contribution in [0.1, 0.15) is 6.92 Å². The van der Waals surface area contributed by atoms with E-state index >= 15 is 0 Å². The van der Waals surface area contributed by atoms with Crippen LogP contribution in [-0.4, -0.2) is 53.4 Å². The molecule has 1 amide bonds. The predicted molar refractivity (Wildman–Crippen MR) is 44.2 cm³/mol. The molecule has 0 saturated carbocycles. The summed E-state index contributed by atoms with van der Waals surface area (Å²) in [7, 11) is 0. The number of rotatable bonds is 1. The second kappa shape index (κ2) is 3.47. The molecule has 14 heavy (non-hydrogen) atoms. The van der Waals surface area contributed by atoms with Crippen molar-refractivity contribution in [3.8, 4) is 0 Å². The van der Waals surface area contributed by atoms with E-state index in [1.165, 1.54) is 6.92 Å². The number of carbonyl (C=O) groups is 1. The molecule has 0 aromatic carbocycles. The highest BCUT2D eigenvalue weighted by atomic mass is 16.7. The zero-order chi connectivity index (χ0) is 10.3. The minimum absolute atomic E-state index is 0.127. The van der Waals surface area contributed by atoms with Crippen LogP contribution in [0.3, 0.4) is 0 Å². The van der Waals surface area contributed by atoms with Gasteiger partial charge in [-0.3, -0.25) is 4.79 Å². The molecule has 0 aliphatic carbocycles. The third-order valence-electron chi connectivity index (χ3n) is 2.47. The molecule has 5 atom stereocenters. The van der Waals surface area contributed by atoms with Crippen LogP contribution < -0.4 is 5.32 Å². The van der Waals surface area contributed by atoms with E-state index in [-0.39, 0.29) is 12.5 Å². The first-order chi connectivity index (χ1) is 6.59. The highest BCUT2D eigenvalue weighted by molar-refractivity contribution is 5.73. The second-order valence-corrected chi connectivity index (χ2v) is 3.59. The van der Waals surface area contributed by atoms with E-state index in [4.69, 9.17) is 9.47 Å². The standard InChI is InChI=1S/C8H13NO5/c1-3(10)9-5-6(12)7-4(11)2-13-8(5)14-7/h4-8,11-12H,2H2,1H3,(H,9,10)/t4-,5-,6-,7-,8-/m1/s1. The Bertz CT molecular complexity index is 246. The van der Waals surface area contributed by atoms with Gasteiger partial charge in [0.05, 0.1) is 6.61 Å². The van der Waals surface area contributed by atoms with Crippen LogP contribution in [0.2, 0.25) is 0 Å². The Hall–Kier alpha value is -0.690. The Labute approximate surface area is 80.8 Å². The maximum atomic E-state index is 10.8. The van der Waals surface area contributed by atoms with Crippen molar-refractivity contribution >= 4 is 5.91 Å². The van der Waals surface area contributed by atoms with E-state index in [1.54, 1.807) is 0 Å². The number of carbonyl (C=O) groups excluding carboxylic acids is 1. The summed E-state index contributed by atoms with van der Waals surface area (Å²) in [6, 6.07) is -0.588. The lowest BCUT2D eigenvalue weighted by Gasteiger charge is -2.25. The Morgan fingerprint density at radius 1 is 1.50 bits per heavy atom. The van der Waals surface area contributed by atoms with Gasteiger partial charge in [0.25, 0.3) is 0 Å². The topological polar surface area (TPSA) is 88.0 Å². The van der Waals surface area contributed by atoms with Crippen molar-refractivity contribution in [3.63, 3.8) is 0 Å². The Morgan fingerprint density at radius 3 is 2.79 bits per heavy atom. The fraction of sp³-hybridized carbons (Fsp3) is 0.875. The molecule has 2 saturated heterocycles. The molecule has 0 radical (unpaired) electrons. The molecule has 2 heterocycles. The third-order valence-corrected chi connectivity index (χ3v) is 2.47. The van der Waals surface area contributed by atoms with Gasteiger partial charge in [-0.05, 0) is 0 Å². The van der Waals surface area contributed by atoms with Crippen molar-refractivity contribution in [3.05, 3.63) is 0 Å². The molecule has 6 heteroatoms. The first-order valence-electron chi connectivity index (χ1n) is 4.50. The third kappa shape index (κ3) is 1.50. The summed E-state index contributed by atoms with van der Waals surface area (Å²) in [5, 5.41) is 21.6. The van der Waals surface area contributed by atoms with Crippen molar-refractivity contribution in [2.45, 2.75) is 37.6 Å². The van der Waals surface area contributed by atoms with Gasteiger partial charge in [-0.1, -0.05) is 0 Å². The summed E-state index contributed by atoms with van der Waals surface area (Å²) < 4.78 is 10.3. The van der Waals surface area contributed by atoms with Gasteiger partial charge in [0.15, 0.2) is 6.29 Å². The molecule has 0 aromatic heterocycles. The molecule has 6 nitrogen and oxygen atoms in total. The summed E-state index contributed by atoms with van der Waals surface area (Å²) >= 11 is 0. The van der Waals surface area contributed by atoms with E-state index in [9.17, 15) is 15.0 Å². The van der Waals surface area contributed by atoms with E-state index in [0.29, 0.717) is 0 Å². The number of aliphatic hydroxyl groups excluding tert-OH is 2. The van der Waals surface area contributed by atoms with Crippen LogP contribution in [0, 0.1) is 0 Å². The molecule has 3 N–H and O–H groups in total. The van der Waals surface area contributed by atoms with E-state index in [0.717, 1.165) is 0 Å². The van der Waals surface area contributed by atoms with E-state index < -0.39 is 30.6 Å². The average molecular weight is 203 g/mol. The number of aliphatic hydroxyl groups is 2. The fourth-order valence-electron chi connectivity index (χ4n) is 1.82. The van der Waals surface area contributed by atoms with Gasteiger partial charge in [-0.25, -0.2) is 0 Å². The lowest BCUT2D eigenvalue weighted by Crippen LogP contribution is -2.46. The number of hydrogen-bond acceptors (Lipinski definition) is 5. The molecule has 2 aliphatic heterocycles. The average Bonchev–Trinajstić information content (AvgIpc) is 2.37. The normalized spacial score (nSPS) is 46.4. The highest BCUT2D eigenvalue weighted by Crippen LogP contribution is 2.29. The maximum absolute atomic E-state index is 10.8. The lowest BCUT2D eigenvalue weighted by atomic mass is 10.1. The van der Waals surface area contributed by atoms with E-state index in [2.05, 4.69) is 5.32 Å². The second-order valence-electron chi connectivity index (χ2n) is 3.59. The molecule has 2 rings (SSSR count). The van der Waals surface area contributed by atoms with Crippen molar-refractivity contribution in [2.75, 3.05) is 6.61 Å². The van der Waals surface area contributed by atoms with Crippen LogP contribution >= 0.6 is 0 Å². The quantitative estimate of drug-likeness (QED) is 0.457. The minimum atomic E-state index is -0.915. The monoisotopic (exact) mass is 203 g/mol. The van der Waals surface area contributed by atoms with Crippen molar-refractivity contribution in [2.24, 2.45) is 0 Å². The van der Waals surface area contributed by atoms with Gasteiger partial charge in [0.1, 0.15) is 24.4 Å². The number of ether oxygens (including phenoxy) is 2. The smallest absolute Gasteiger partial charge is 0.217 e. The van der Waals surface area contributed by atoms with Crippen molar-refractivity contribution < 1.29 is 24.5 Å². The fourth-order valence-corrected chi connectivity index (χ4v) is 1.82. The molecule has 80 valence electrons. The number of fused-ring (bicyclic) bond motifs is 2. The van der Waals surface area contributed by atoms with Crippen molar-refractivity contribution in [1.82, 2.24) is 5.32 Å². The van der Waals surface area contributed by atoms with Gasteiger partial charge in [-0.2, -0.15) is 0 Å². The summed E-state index contributed by atoms with van der Waals surface area (Å²) in [4.78, 5) is 10.8. The lowest BCUT2D eigenvalue weighted by molar-refractivity contribution is -0.224. The van der Waals surface area contributed by atoms with Crippen LogP contribution in [0.4, 0.5) is 0 Å². The van der Waals surface area contributed by atoms with Gasteiger partial charge in [0.2, 0.25) is 5.91 Å². The summed E-state index contributed by atoms with van der Waals surface area (Å²) in [5.74, 6) is -0.261. The summed E-state index contributed by atoms with van der Waals surface area (Å²) in [6.45, 7) is 1.48. The highest BCUT2D eigenvalue weighted by Gasteiger charge is 2.51. The molecule has 2 aliphatic rings. The summed E-state index contributed by atoms with van der Waals surface area (Å²) in [6.07, 6.45) is -3.06. The Kier molecular flexibility index (Phi) is 2.44. The molecular formula is C8H13NO5. The van der Waals surface area contributed by atoms with Gasteiger partial charge in [-0.15, -0.1) is 0 Å². The molecule has 2 bridgehead atoms. The SMILES string of the molecule is CC(=O)N[C@H]1[C@@H]2OC[C@@H](O)[C@@H](O2)[C@@H]1O. The van der Waals surface area contributed by atoms with Crippen LogP contribution in [0.5, 0.6) is 0 Å². The van der Waals surface area contributed by atoms with Crippen LogP contribution in [-0.2, 0) is 14.3 Å². The molecule has 0 spiro atoms. The molecule has 2 fully saturated rings. The van der Waals surface area contributed by atoms with Crippen LogP contribution in [0.25, 0.3) is 0 Å². The zero-order valence-corrected chi connectivity index (χ0v) is 7.71. The van der Waals surface area contributed by atoms with E-state index in [1.807, 2.05) is 0 Å². The Balaban J connectivity index is 2.09. The first-order valence-corrected chi connectivity index (χ1v) is 4.50. The van der Waals surface area contributed by atoms with Gasteiger partial charge < -0.3 is 25.0 Å². The number of hydrogen-bond donors (Lipinski definition) is 3. The number of amides is 1. The Morgan fingerprint density at radius 2 is 2.21 bits per heavy atom. The molecule has 0 unspecified atom stereocenters. The predicted octanol–water partition coefficient (Wildman–Crippen LogP) is -2.03. The largest absolute Gasteiger partial charge is 0.388 e.